The van der Waals surface area contributed by atoms with Crippen LogP contribution in [-0.4, -0.2) is 18.5 Å². The van der Waals surface area contributed by atoms with Crippen molar-refractivity contribution >= 4 is 28.2 Å². The van der Waals surface area contributed by atoms with Gasteiger partial charge < -0.3 is 10.1 Å². The Morgan fingerprint density at radius 3 is 2.22 bits per heavy atom. The molecule has 2 aromatic rings. The number of amides is 1. The molecule has 11 heteroatoms. The number of rotatable bonds is 4. The maximum Gasteiger partial charge on any atom is 0.416 e. The molecule has 1 aliphatic rings. The Morgan fingerprint density at radius 1 is 1.09 bits per heavy atom. The van der Waals surface area contributed by atoms with Gasteiger partial charge in [-0.05, 0) is 55.9 Å². The van der Waals surface area contributed by atoms with Crippen LogP contribution in [0.5, 0.6) is 0 Å². The Labute approximate surface area is 183 Å². The Balaban J connectivity index is 2.03. The topological polar surface area (TPSA) is 55.4 Å². The molecule has 1 N–H and O–H groups in total. The van der Waals surface area contributed by atoms with Crippen molar-refractivity contribution in [1.29, 1.82) is 0 Å². The second-order valence-electron chi connectivity index (χ2n) is 7.53. The third kappa shape index (κ3) is 5.08. The molecule has 0 bridgehead atoms. The SMILES string of the molecule is CCOC(=O)c1c(NC(=O)c2cc(C(F)(F)F)cc(C(F)(F)F)c2)sc2c1CCC(C)C2. The van der Waals surface area contributed by atoms with E-state index in [4.69, 9.17) is 4.74 Å². The van der Waals surface area contributed by atoms with Gasteiger partial charge in [0.25, 0.3) is 5.91 Å². The summed E-state index contributed by atoms with van der Waals surface area (Å²) in [5, 5.41) is 2.39. The maximum absolute atomic E-state index is 13.1. The molecule has 1 aromatic heterocycles. The number of alkyl halides is 6. The van der Waals surface area contributed by atoms with E-state index in [0.717, 1.165) is 22.6 Å². The van der Waals surface area contributed by atoms with Gasteiger partial charge in [0.05, 0.1) is 23.3 Å². The molecule has 0 aliphatic heterocycles. The summed E-state index contributed by atoms with van der Waals surface area (Å²) < 4.78 is 83.7. The molecule has 1 aromatic carbocycles. The van der Waals surface area contributed by atoms with Crippen LogP contribution < -0.4 is 5.32 Å². The standard InChI is InChI=1S/C21H19F6NO3S/c1-3-31-19(30)16-14-5-4-10(2)6-15(14)32-18(16)28-17(29)11-7-12(20(22,23)24)9-13(8-11)21(25,26)27/h7-10H,3-6H2,1-2H3,(H,28,29). The number of carbonyl (C=O) groups excluding carboxylic acids is 2. The van der Waals surface area contributed by atoms with Crippen LogP contribution in [0, 0.1) is 5.92 Å². The number of benzene rings is 1. The van der Waals surface area contributed by atoms with Crippen molar-refractivity contribution in [1.82, 2.24) is 0 Å². The van der Waals surface area contributed by atoms with Gasteiger partial charge in [-0.15, -0.1) is 11.3 Å². The molecule has 0 saturated heterocycles. The Bertz CT molecular complexity index is 1010. The number of thiophene rings is 1. The second-order valence-corrected chi connectivity index (χ2v) is 8.63. The predicted molar refractivity (Wildman–Crippen MR) is 106 cm³/mol. The predicted octanol–water partition coefficient (Wildman–Crippen LogP) is 6.34. The summed E-state index contributed by atoms with van der Waals surface area (Å²) in [7, 11) is 0. The molecule has 174 valence electrons. The van der Waals surface area contributed by atoms with Gasteiger partial charge in [0.2, 0.25) is 0 Å². The van der Waals surface area contributed by atoms with Crippen LogP contribution in [0.4, 0.5) is 31.3 Å². The van der Waals surface area contributed by atoms with E-state index < -0.39 is 40.9 Å². The summed E-state index contributed by atoms with van der Waals surface area (Å²) in [6.07, 6.45) is -8.16. The molecule has 1 atom stereocenters. The number of halogens is 6. The fraction of sp³-hybridized carbons (Fsp3) is 0.429. The quantitative estimate of drug-likeness (QED) is 0.411. The minimum absolute atomic E-state index is 0.0495. The summed E-state index contributed by atoms with van der Waals surface area (Å²) in [6.45, 7) is 3.68. The van der Waals surface area contributed by atoms with Gasteiger partial charge in [-0.2, -0.15) is 26.3 Å². The highest BCUT2D eigenvalue weighted by molar-refractivity contribution is 7.17. The lowest BCUT2D eigenvalue weighted by Crippen LogP contribution is -2.18. The first-order valence-corrected chi connectivity index (χ1v) is 10.5. The molecule has 32 heavy (non-hydrogen) atoms. The van der Waals surface area contributed by atoms with Gasteiger partial charge in [-0.25, -0.2) is 4.79 Å². The molecular weight excluding hydrogens is 460 g/mol. The van der Waals surface area contributed by atoms with Gasteiger partial charge >= 0.3 is 18.3 Å². The number of hydrogen-bond donors (Lipinski definition) is 1. The first-order chi connectivity index (χ1) is 14.8. The lowest BCUT2D eigenvalue weighted by molar-refractivity contribution is -0.143. The number of nitrogens with one attached hydrogen (secondary N) is 1. The first-order valence-electron chi connectivity index (χ1n) is 9.73. The third-order valence-corrected chi connectivity index (χ3v) is 6.24. The van der Waals surface area contributed by atoms with Gasteiger partial charge in [-0.3, -0.25) is 4.79 Å². The highest BCUT2D eigenvalue weighted by Crippen LogP contribution is 2.41. The minimum atomic E-state index is -5.08. The minimum Gasteiger partial charge on any atom is -0.462 e. The molecule has 4 nitrogen and oxygen atoms in total. The van der Waals surface area contributed by atoms with Gasteiger partial charge in [-0.1, -0.05) is 6.92 Å². The highest BCUT2D eigenvalue weighted by Gasteiger charge is 2.38. The van der Waals surface area contributed by atoms with E-state index in [-0.39, 0.29) is 23.2 Å². The first kappa shape index (κ1) is 24.1. The maximum atomic E-state index is 13.1. The smallest absolute Gasteiger partial charge is 0.416 e. The average Bonchev–Trinajstić information content (AvgIpc) is 3.03. The molecule has 1 aliphatic carbocycles. The normalized spacial score (nSPS) is 16.4. The number of carbonyl (C=O) groups is 2. The number of ether oxygens (including phenoxy) is 1. The lowest BCUT2D eigenvalue weighted by Gasteiger charge is -2.18. The van der Waals surface area contributed by atoms with Crippen LogP contribution in [0.15, 0.2) is 18.2 Å². The van der Waals surface area contributed by atoms with Crippen molar-refractivity contribution < 1.29 is 40.7 Å². The molecule has 0 spiro atoms. The monoisotopic (exact) mass is 479 g/mol. The van der Waals surface area contributed by atoms with E-state index in [2.05, 4.69) is 5.32 Å². The fourth-order valence-electron chi connectivity index (χ4n) is 3.52. The van der Waals surface area contributed by atoms with Crippen molar-refractivity contribution in [2.24, 2.45) is 5.92 Å². The van der Waals surface area contributed by atoms with Crippen molar-refractivity contribution in [2.45, 2.75) is 45.5 Å². The van der Waals surface area contributed by atoms with Crippen LogP contribution in [0.1, 0.15) is 62.6 Å². The van der Waals surface area contributed by atoms with Crippen LogP contribution in [0.3, 0.4) is 0 Å². The Morgan fingerprint density at radius 2 is 1.69 bits per heavy atom. The summed E-state index contributed by atoms with van der Waals surface area (Å²) in [4.78, 5) is 26.0. The zero-order valence-electron chi connectivity index (χ0n) is 17.0. The van der Waals surface area contributed by atoms with Crippen LogP contribution >= 0.6 is 11.3 Å². The zero-order chi connectivity index (χ0) is 23.8. The van der Waals surface area contributed by atoms with Crippen molar-refractivity contribution in [3.8, 4) is 0 Å². The Kier molecular flexibility index (Phi) is 6.60. The second kappa shape index (κ2) is 8.76. The van der Waals surface area contributed by atoms with Crippen molar-refractivity contribution in [3.05, 3.63) is 50.9 Å². The van der Waals surface area contributed by atoms with Crippen LogP contribution in [-0.2, 0) is 29.9 Å². The summed E-state index contributed by atoms with van der Waals surface area (Å²) in [5.74, 6) is -1.55. The van der Waals surface area contributed by atoms with Crippen LogP contribution in [0.25, 0.3) is 0 Å². The molecular formula is C21H19F6NO3S. The number of esters is 1. The highest BCUT2D eigenvalue weighted by atomic mass is 32.1. The van der Waals surface area contributed by atoms with Gasteiger partial charge in [0, 0.05) is 10.4 Å². The van der Waals surface area contributed by atoms with E-state index >= 15 is 0 Å². The summed E-state index contributed by atoms with van der Waals surface area (Å²) in [5.41, 5.74) is -3.21. The van der Waals surface area contributed by atoms with Gasteiger partial charge in [0.15, 0.2) is 0 Å². The van der Waals surface area contributed by atoms with E-state index in [9.17, 15) is 35.9 Å². The fourth-order valence-corrected chi connectivity index (χ4v) is 4.91. The molecule has 1 heterocycles. The number of hydrogen-bond acceptors (Lipinski definition) is 4. The molecule has 0 fully saturated rings. The van der Waals surface area contributed by atoms with Crippen LogP contribution in [0.2, 0.25) is 0 Å². The average molecular weight is 479 g/mol. The number of fused-ring (bicyclic) bond motifs is 1. The Hall–Kier alpha value is -2.56. The van der Waals surface area contributed by atoms with E-state index in [0.29, 0.717) is 36.5 Å². The van der Waals surface area contributed by atoms with E-state index in [1.165, 1.54) is 0 Å². The molecule has 1 unspecified atom stereocenters. The lowest BCUT2D eigenvalue weighted by atomic mass is 9.88. The largest absolute Gasteiger partial charge is 0.462 e. The third-order valence-electron chi connectivity index (χ3n) is 5.07. The molecule has 0 radical (unpaired) electrons. The van der Waals surface area contributed by atoms with Crippen molar-refractivity contribution in [2.75, 3.05) is 11.9 Å². The van der Waals surface area contributed by atoms with Gasteiger partial charge in [0.1, 0.15) is 5.00 Å². The van der Waals surface area contributed by atoms with Crippen molar-refractivity contribution in [3.63, 3.8) is 0 Å². The van der Waals surface area contributed by atoms with E-state index in [1.807, 2.05) is 6.92 Å². The zero-order valence-corrected chi connectivity index (χ0v) is 17.9. The summed E-state index contributed by atoms with van der Waals surface area (Å²) >= 11 is 1.09. The molecule has 0 saturated carbocycles. The van der Waals surface area contributed by atoms with E-state index in [1.54, 1.807) is 6.92 Å². The summed E-state index contributed by atoms with van der Waals surface area (Å²) in [6, 6.07) is 0.653. The molecule has 1 amide bonds. The number of anilines is 1. The molecule has 3 rings (SSSR count).